The first kappa shape index (κ1) is 23.8. The average molecular weight is 471 g/mol. The highest BCUT2D eigenvalue weighted by Crippen LogP contribution is 2.47. The molecule has 5 rings (SSSR count). The first-order valence-electron chi connectivity index (χ1n) is 13.4. The third-order valence-electron chi connectivity index (χ3n) is 8.48. The van der Waals surface area contributed by atoms with E-state index in [1.165, 1.54) is 75.3 Å². The van der Waals surface area contributed by atoms with Gasteiger partial charge in [0.1, 0.15) is 17.2 Å². The van der Waals surface area contributed by atoms with Gasteiger partial charge < -0.3 is 15.3 Å². The molecule has 3 nitrogen and oxygen atoms in total. The van der Waals surface area contributed by atoms with Crippen molar-refractivity contribution in [2.24, 2.45) is 0 Å². The number of para-hydroxylation sites is 1. The SMILES string of the molecule is Cc1cc(O)c(-c2cccc(-c3cc(C4CCCCC4)c(C)cc3O)c2O)cc1C1CCCCC1. The summed E-state index contributed by atoms with van der Waals surface area (Å²) < 4.78 is 0. The van der Waals surface area contributed by atoms with Crippen LogP contribution in [0.1, 0.15) is 98.3 Å². The van der Waals surface area contributed by atoms with Crippen molar-refractivity contribution in [2.45, 2.75) is 89.9 Å². The number of phenols is 3. The van der Waals surface area contributed by atoms with E-state index in [0.717, 1.165) is 11.1 Å². The molecule has 0 unspecified atom stereocenters. The molecule has 0 heterocycles. The van der Waals surface area contributed by atoms with Gasteiger partial charge in [-0.3, -0.25) is 0 Å². The van der Waals surface area contributed by atoms with Gasteiger partial charge >= 0.3 is 0 Å². The summed E-state index contributed by atoms with van der Waals surface area (Å²) in [6.45, 7) is 4.14. The van der Waals surface area contributed by atoms with Crippen LogP contribution >= 0.6 is 0 Å². The molecular weight excluding hydrogens is 432 g/mol. The van der Waals surface area contributed by atoms with Gasteiger partial charge in [-0.1, -0.05) is 56.7 Å². The monoisotopic (exact) mass is 470 g/mol. The van der Waals surface area contributed by atoms with Gasteiger partial charge in [-0.2, -0.15) is 0 Å². The van der Waals surface area contributed by atoms with E-state index in [2.05, 4.69) is 26.0 Å². The zero-order chi connectivity index (χ0) is 24.5. The molecule has 2 fully saturated rings. The fourth-order valence-corrected chi connectivity index (χ4v) is 6.54. The molecule has 0 spiro atoms. The smallest absolute Gasteiger partial charge is 0.131 e. The number of phenolic OH excluding ortho intramolecular Hbond substituents is 3. The third-order valence-corrected chi connectivity index (χ3v) is 8.48. The number of benzene rings is 3. The Morgan fingerprint density at radius 3 is 1.34 bits per heavy atom. The van der Waals surface area contributed by atoms with Gasteiger partial charge in [-0.15, -0.1) is 0 Å². The van der Waals surface area contributed by atoms with Crippen molar-refractivity contribution in [3.63, 3.8) is 0 Å². The quantitative estimate of drug-likeness (QED) is 0.357. The lowest BCUT2D eigenvalue weighted by Crippen LogP contribution is -2.06. The minimum atomic E-state index is 0.106. The first-order valence-corrected chi connectivity index (χ1v) is 13.4. The highest BCUT2D eigenvalue weighted by atomic mass is 16.3. The van der Waals surface area contributed by atoms with Crippen LogP contribution < -0.4 is 0 Å². The second kappa shape index (κ2) is 9.97. The molecule has 2 aliphatic rings. The highest BCUT2D eigenvalue weighted by Gasteiger charge is 2.23. The minimum absolute atomic E-state index is 0.106. The van der Waals surface area contributed by atoms with Gasteiger partial charge in [0, 0.05) is 22.3 Å². The summed E-state index contributed by atoms with van der Waals surface area (Å²) in [6.07, 6.45) is 12.3. The van der Waals surface area contributed by atoms with Crippen molar-refractivity contribution in [3.8, 4) is 39.5 Å². The number of hydrogen-bond acceptors (Lipinski definition) is 3. The molecule has 0 bridgehead atoms. The molecule has 2 aliphatic carbocycles. The zero-order valence-corrected chi connectivity index (χ0v) is 21.1. The van der Waals surface area contributed by atoms with E-state index >= 15 is 0 Å². The molecule has 0 aliphatic heterocycles. The average Bonchev–Trinajstić information content (AvgIpc) is 2.86. The van der Waals surface area contributed by atoms with E-state index in [0.29, 0.717) is 34.1 Å². The maximum atomic E-state index is 11.5. The Balaban J connectivity index is 1.59. The standard InChI is InChI=1S/C32H38O3/c1-20-16-30(33)28(18-26(20)22-10-5-3-6-11-22)24-14-9-15-25(32(24)35)29-19-27(21(2)17-31(29)34)23-12-7-4-8-13-23/h9,14-19,22-23,33-35H,3-8,10-13H2,1-2H3. The minimum Gasteiger partial charge on any atom is -0.507 e. The topological polar surface area (TPSA) is 60.7 Å². The molecule has 3 N–H and O–H groups in total. The number of rotatable bonds is 4. The Labute approximate surface area is 209 Å². The van der Waals surface area contributed by atoms with Crippen LogP contribution in [0.5, 0.6) is 17.2 Å². The van der Waals surface area contributed by atoms with Gasteiger partial charge in [-0.05, 0) is 97.9 Å². The fourth-order valence-electron chi connectivity index (χ4n) is 6.54. The van der Waals surface area contributed by atoms with Crippen molar-refractivity contribution in [1.82, 2.24) is 0 Å². The van der Waals surface area contributed by atoms with Crippen molar-refractivity contribution in [2.75, 3.05) is 0 Å². The summed E-state index contributed by atoms with van der Waals surface area (Å²) in [7, 11) is 0. The normalized spacial score (nSPS) is 17.5. The lowest BCUT2D eigenvalue weighted by atomic mass is 9.80. The number of hydrogen-bond donors (Lipinski definition) is 3. The molecule has 35 heavy (non-hydrogen) atoms. The molecule has 3 heteroatoms. The first-order chi connectivity index (χ1) is 16.9. The van der Waals surface area contributed by atoms with E-state index in [1.54, 1.807) is 0 Å². The van der Waals surface area contributed by atoms with Crippen LogP contribution in [0.3, 0.4) is 0 Å². The molecule has 0 atom stereocenters. The molecule has 0 amide bonds. The maximum absolute atomic E-state index is 11.5. The lowest BCUT2D eigenvalue weighted by molar-refractivity contribution is 0.440. The van der Waals surface area contributed by atoms with Crippen molar-refractivity contribution < 1.29 is 15.3 Å². The van der Waals surface area contributed by atoms with Crippen molar-refractivity contribution >= 4 is 0 Å². The summed E-state index contributed by atoms with van der Waals surface area (Å²) in [5, 5.41) is 33.3. The Hall–Kier alpha value is -2.94. The Morgan fingerprint density at radius 2 is 0.943 bits per heavy atom. The third kappa shape index (κ3) is 4.66. The molecule has 0 radical (unpaired) electrons. The summed E-state index contributed by atoms with van der Waals surface area (Å²) in [5.41, 5.74) is 7.32. The van der Waals surface area contributed by atoms with Gasteiger partial charge in [0.2, 0.25) is 0 Å². The van der Waals surface area contributed by atoms with Crippen LogP contribution in [0.4, 0.5) is 0 Å². The van der Waals surface area contributed by atoms with E-state index in [1.807, 2.05) is 30.3 Å². The van der Waals surface area contributed by atoms with Crippen LogP contribution in [0.15, 0.2) is 42.5 Å². The van der Waals surface area contributed by atoms with Gasteiger partial charge in [0.25, 0.3) is 0 Å². The Kier molecular flexibility index (Phi) is 6.77. The van der Waals surface area contributed by atoms with Crippen molar-refractivity contribution in [3.05, 3.63) is 64.7 Å². The molecule has 0 saturated heterocycles. The van der Waals surface area contributed by atoms with Crippen LogP contribution in [0, 0.1) is 13.8 Å². The molecule has 2 saturated carbocycles. The molecule has 184 valence electrons. The largest absolute Gasteiger partial charge is 0.507 e. The highest BCUT2D eigenvalue weighted by molar-refractivity contribution is 5.86. The summed E-state index contributed by atoms with van der Waals surface area (Å²) in [6, 6.07) is 13.5. The predicted octanol–water partition coefficient (Wildman–Crippen LogP) is 8.85. The van der Waals surface area contributed by atoms with E-state index < -0.39 is 0 Å². The Morgan fingerprint density at radius 1 is 0.543 bits per heavy atom. The van der Waals surface area contributed by atoms with Crippen LogP contribution in [-0.2, 0) is 0 Å². The fraction of sp³-hybridized carbons (Fsp3) is 0.438. The Bertz CT molecular complexity index is 1120. The zero-order valence-electron chi connectivity index (χ0n) is 21.1. The summed E-state index contributed by atoms with van der Waals surface area (Å²) >= 11 is 0. The second-order valence-corrected chi connectivity index (χ2v) is 10.8. The van der Waals surface area contributed by atoms with Gasteiger partial charge in [0.05, 0.1) is 0 Å². The molecular formula is C32H38O3. The van der Waals surface area contributed by atoms with Crippen LogP contribution in [0.25, 0.3) is 22.3 Å². The maximum Gasteiger partial charge on any atom is 0.131 e. The van der Waals surface area contributed by atoms with Gasteiger partial charge in [0.15, 0.2) is 0 Å². The van der Waals surface area contributed by atoms with Crippen molar-refractivity contribution in [1.29, 1.82) is 0 Å². The lowest BCUT2D eigenvalue weighted by Gasteiger charge is -2.25. The number of aryl methyl sites for hydroxylation is 2. The number of aromatic hydroxyl groups is 3. The van der Waals surface area contributed by atoms with E-state index in [9.17, 15) is 15.3 Å². The second-order valence-electron chi connectivity index (χ2n) is 10.8. The van der Waals surface area contributed by atoms with E-state index in [4.69, 9.17) is 0 Å². The van der Waals surface area contributed by atoms with E-state index in [-0.39, 0.29) is 17.2 Å². The molecule has 0 aromatic heterocycles. The van der Waals surface area contributed by atoms with Gasteiger partial charge in [-0.25, -0.2) is 0 Å². The summed E-state index contributed by atoms with van der Waals surface area (Å²) in [4.78, 5) is 0. The summed E-state index contributed by atoms with van der Waals surface area (Å²) in [5.74, 6) is 1.49. The molecule has 3 aromatic rings. The predicted molar refractivity (Wildman–Crippen MR) is 143 cm³/mol. The van der Waals surface area contributed by atoms with Crippen LogP contribution in [-0.4, -0.2) is 15.3 Å². The molecule has 3 aromatic carbocycles. The van der Waals surface area contributed by atoms with Crippen LogP contribution in [0.2, 0.25) is 0 Å².